The van der Waals surface area contributed by atoms with E-state index in [1.165, 1.54) is 4.90 Å². The van der Waals surface area contributed by atoms with Crippen LogP contribution in [-0.4, -0.2) is 28.6 Å². The largest absolute Gasteiger partial charge is 0.395 e. The quantitative estimate of drug-likeness (QED) is 0.286. The van der Waals surface area contributed by atoms with Crippen molar-refractivity contribution in [2.45, 2.75) is 33.2 Å². The monoisotopic (exact) mass is 529 g/mol. The van der Waals surface area contributed by atoms with E-state index in [9.17, 15) is 14.4 Å². The molecule has 0 fully saturated rings. The number of rotatable bonds is 9. The summed E-state index contributed by atoms with van der Waals surface area (Å²) in [4.78, 5) is 41.5. The minimum atomic E-state index is -1.01. The standard InChI is InChI=1S/C29H31N5O3S/c1-17(2)15-16-32-28(36)25(20-13-11-18(3)12-14-20)34(22-10-6-8-19-7-4-5-9-21(19)22)29(37)26-23(30)24(27(31)35)33-38-26/h4-14,17,25H,15-16,30H2,1-3H3,(H2,31,35)(H,32,36)/t25-/m0/s1. The molecule has 0 aliphatic rings. The van der Waals surface area contributed by atoms with Crippen molar-refractivity contribution in [3.63, 3.8) is 0 Å². The van der Waals surface area contributed by atoms with Gasteiger partial charge in [0, 0.05) is 11.9 Å². The highest BCUT2D eigenvalue weighted by Gasteiger charge is 2.36. The van der Waals surface area contributed by atoms with Gasteiger partial charge in [0.2, 0.25) is 5.91 Å². The fourth-order valence-corrected chi connectivity index (χ4v) is 5.01. The molecule has 4 aromatic rings. The first-order valence-electron chi connectivity index (χ1n) is 12.4. The Kier molecular flexibility index (Phi) is 8.07. The number of carbonyl (C=O) groups excluding carboxylic acids is 3. The predicted octanol–water partition coefficient (Wildman–Crippen LogP) is 4.84. The Hall–Kier alpha value is -4.24. The molecule has 0 aliphatic carbocycles. The van der Waals surface area contributed by atoms with E-state index < -0.39 is 17.9 Å². The molecule has 8 nitrogen and oxygen atoms in total. The zero-order chi connectivity index (χ0) is 27.4. The molecule has 0 aliphatic heterocycles. The second-order valence-electron chi connectivity index (χ2n) is 9.60. The van der Waals surface area contributed by atoms with Crippen molar-refractivity contribution < 1.29 is 14.4 Å². The van der Waals surface area contributed by atoms with Gasteiger partial charge in [-0.2, -0.15) is 4.37 Å². The van der Waals surface area contributed by atoms with Crippen molar-refractivity contribution >= 4 is 51.4 Å². The topological polar surface area (TPSA) is 131 Å². The van der Waals surface area contributed by atoms with Gasteiger partial charge in [-0.15, -0.1) is 0 Å². The van der Waals surface area contributed by atoms with E-state index in [1.807, 2.05) is 67.6 Å². The van der Waals surface area contributed by atoms with Crippen molar-refractivity contribution in [2.24, 2.45) is 11.7 Å². The number of fused-ring (bicyclic) bond motifs is 1. The highest BCUT2D eigenvalue weighted by atomic mass is 32.1. The number of amides is 3. The molecule has 0 unspecified atom stereocenters. The van der Waals surface area contributed by atoms with E-state index >= 15 is 0 Å². The van der Waals surface area contributed by atoms with Crippen molar-refractivity contribution in [2.75, 3.05) is 17.2 Å². The van der Waals surface area contributed by atoms with Crippen molar-refractivity contribution in [1.82, 2.24) is 9.69 Å². The average molecular weight is 530 g/mol. The van der Waals surface area contributed by atoms with Crippen LogP contribution in [0.2, 0.25) is 0 Å². The lowest BCUT2D eigenvalue weighted by atomic mass is 9.99. The van der Waals surface area contributed by atoms with Crippen LogP contribution < -0.4 is 21.7 Å². The molecule has 0 saturated heterocycles. The van der Waals surface area contributed by atoms with Crippen LogP contribution in [0, 0.1) is 12.8 Å². The highest BCUT2D eigenvalue weighted by molar-refractivity contribution is 7.09. The van der Waals surface area contributed by atoms with Gasteiger partial charge in [0.15, 0.2) is 5.69 Å². The van der Waals surface area contributed by atoms with Gasteiger partial charge in [-0.05, 0) is 47.8 Å². The van der Waals surface area contributed by atoms with Crippen LogP contribution in [0.5, 0.6) is 0 Å². The van der Waals surface area contributed by atoms with Crippen LogP contribution >= 0.6 is 11.5 Å². The lowest BCUT2D eigenvalue weighted by molar-refractivity contribution is -0.122. The Morgan fingerprint density at radius 1 is 1.00 bits per heavy atom. The summed E-state index contributed by atoms with van der Waals surface area (Å²) < 4.78 is 4.03. The summed E-state index contributed by atoms with van der Waals surface area (Å²) in [6.07, 6.45) is 0.790. The SMILES string of the molecule is Cc1ccc([C@@H](C(=O)NCCC(C)C)N(C(=O)c2snc(C(N)=O)c2N)c2cccc3ccccc23)cc1. The van der Waals surface area contributed by atoms with Gasteiger partial charge in [-0.3, -0.25) is 19.3 Å². The summed E-state index contributed by atoms with van der Waals surface area (Å²) in [6, 6.07) is 19.7. The van der Waals surface area contributed by atoms with E-state index in [2.05, 4.69) is 23.5 Å². The summed E-state index contributed by atoms with van der Waals surface area (Å²) in [5.74, 6) is -1.30. The number of carbonyl (C=O) groups is 3. The van der Waals surface area contributed by atoms with E-state index in [0.29, 0.717) is 23.7 Å². The molecule has 1 aromatic heterocycles. The zero-order valence-corrected chi connectivity index (χ0v) is 22.4. The third-order valence-corrected chi connectivity index (χ3v) is 7.17. The molecule has 1 heterocycles. The number of anilines is 2. The normalized spacial score (nSPS) is 11.9. The Balaban J connectivity index is 1.93. The molecule has 0 spiro atoms. The van der Waals surface area contributed by atoms with Gasteiger partial charge >= 0.3 is 0 Å². The minimum absolute atomic E-state index is 0.0406. The maximum absolute atomic E-state index is 14.3. The smallest absolute Gasteiger partial charge is 0.273 e. The Morgan fingerprint density at radius 2 is 1.68 bits per heavy atom. The third kappa shape index (κ3) is 5.52. The number of aryl methyl sites for hydroxylation is 1. The first-order valence-corrected chi connectivity index (χ1v) is 13.2. The molecule has 0 saturated carbocycles. The molecule has 4 rings (SSSR count). The number of nitrogens with two attached hydrogens (primary N) is 2. The van der Waals surface area contributed by atoms with Gasteiger partial charge in [-0.1, -0.05) is 80.1 Å². The Labute approximate surface area is 225 Å². The minimum Gasteiger partial charge on any atom is -0.395 e. The molecule has 38 heavy (non-hydrogen) atoms. The number of nitrogens with one attached hydrogen (secondary N) is 1. The summed E-state index contributed by atoms with van der Waals surface area (Å²) in [5, 5.41) is 4.71. The van der Waals surface area contributed by atoms with E-state index in [4.69, 9.17) is 11.5 Å². The molecule has 9 heteroatoms. The Bertz CT molecular complexity index is 1470. The number of nitrogens with zero attached hydrogens (tertiary/aromatic N) is 2. The molecule has 3 amide bonds. The molecular weight excluding hydrogens is 498 g/mol. The average Bonchev–Trinajstić information content (AvgIpc) is 3.28. The van der Waals surface area contributed by atoms with Crippen LogP contribution in [0.3, 0.4) is 0 Å². The third-order valence-electron chi connectivity index (χ3n) is 6.32. The second-order valence-corrected chi connectivity index (χ2v) is 10.4. The van der Waals surface area contributed by atoms with E-state index in [-0.39, 0.29) is 22.2 Å². The van der Waals surface area contributed by atoms with Gasteiger partial charge in [0.25, 0.3) is 11.8 Å². The van der Waals surface area contributed by atoms with Gasteiger partial charge in [0.05, 0.1) is 11.4 Å². The van der Waals surface area contributed by atoms with Gasteiger partial charge in [-0.25, -0.2) is 0 Å². The molecule has 5 N–H and O–H groups in total. The second kappa shape index (κ2) is 11.4. The summed E-state index contributed by atoms with van der Waals surface area (Å²) in [7, 11) is 0. The Morgan fingerprint density at radius 3 is 2.34 bits per heavy atom. The van der Waals surface area contributed by atoms with E-state index in [1.54, 1.807) is 6.07 Å². The van der Waals surface area contributed by atoms with Gasteiger partial charge in [0.1, 0.15) is 10.9 Å². The highest BCUT2D eigenvalue weighted by Crippen LogP contribution is 2.37. The van der Waals surface area contributed by atoms with E-state index in [0.717, 1.165) is 34.3 Å². The first-order chi connectivity index (χ1) is 18.2. The molecule has 0 radical (unpaired) electrons. The number of benzene rings is 3. The molecule has 3 aromatic carbocycles. The van der Waals surface area contributed by atoms with Crippen LogP contribution in [0.1, 0.15) is 57.6 Å². The van der Waals surface area contributed by atoms with Crippen molar-refractivity contribution in [3.05, 3.63) is 88.4 Å². The summed E-state index contributed by atoms with van der Waals surface area (Å²) in [6.45, 7) is 6.58. The van der Waals surface area contributed by atoms with Crippen LogP contribution in [0.4, 0.5) is 11.4 Å². The number of nitrogen functional groups attached to an aromatic ring is 1. The van der Waals surface area contributed by atoms with Crippen molar-refractivity contribution in [3.8, 4) is 0 Å². The number of hydrogen-bond donors (Lipinski definition) is 3. The van der Waals surface area contributed by atoms with Gasteiger partial charge < -0.3 is 16.8 Å². The summed E-state index contributed by atoms with van der Waals surface area (Å²) >= 11 is 0.791. The van der Waals surface area contributed by atoms with Crippen LogP contribution in [0.15, 0.2) is 66.7 Å². The number of aromatic nitrogens is 1. The first kappa shape index (κ1) is 26.8. The lowest BCUT2D eigenvalue weighted by Gasteiger charge is -2.32. The predicted molar refractivity (Wildman–Crippen MR) is 152 cm³/mol. The fourth-order valence-electron chi connectivity index (χ4n) is 4.27. The van der Waals surface area contributed by atoms with Crippen molar-refractivity contribution in [1.29, 1.82) is 0 Å². The summed E-state index contributed by atoms with van der Waals surface area (Å²) in [5.41, 5.74) is 13.5. The lowest BCUT2D eigenvalue weighted by Crippen LogP contribution is -2.44. The number of hydrogen-bond acceptors (Lipinski definition) is 6. The van der Waals surface area contributed by atoms with Crippen LogP contribution in [-0.2, 0) is 4.79 Å². The van der Waals surface area contributed by atoms with Crippen LogP contribution in [0.25, 0.3) is 10.8 Å². The maximum atomic E-state index is 14.3. The number of primary amides is 1. The molecule has 0 bridgehead atoms. The fraction of sp³-hybridized carbons (Fsp3) is 0.241. The molecule has 1 atom stereocenters. The molecular formula is C29H31N5O3S. The zero-order valence-electron chi connectivity index (χ0n) is 21.6. The molecule has 196 valence electrons. The maximum Gasteiger partial charge on any atom is 0.273 e.